The molecule has 12 heteroatoms. The van der Waals surface area contributed by atoms with Crippen molar-refractivity contribution in [3.05, 3.63) is 94.4 Å². The van der Waals surface area contributed by atoms with E-state index in [0.717, 1.165) is 77.4 Å². The van der Waals surface area contributed by atoms with Crippen LogP contribution in [-0.4, -0.2) is 66.9 Å². The maximum absolute atomic E-state index is 15.5. The first-order valence-corrected chi connectivity index (χ1v) is 17.4. The van der Waals surface area contributed by atoms with Crippen molar-refractivity contribution in [1.29, 1.82) is 0 Å². The summed E-state index contributed by atoms with van der Waals surface area (Å²) in [5.41, 5.74) is 0.567. The number of nitrogens with zero attached hydrogens (tertiary/aromatic N) is 3. The molecule has 1 amide bonds. The molecular weight excluding hydrogens is 658 g/mol. The first-order chi connectivity index (χ1) is 24.9. The largest absolute Gasteiger partial charge is 0.493 e. The van der Waals surface area contributed by atoms with Crippen LogP contribution in [-0.2, 0) is 4.74 Å². The van der Waals surface area contributed by atoms with Gasteiger partial charge >= 0.3 is 0 Å². The third-order valence-corrected chi connectivity index (χ3v) is 9.58. The van der Waals surface area contributed by atoms with E-state index in [2.05, 4.69) is 15.2 Å². The molecule has 0 atom stereocenters. The molecule has 1 aliphatic carbocycles. The van der Waals surface area contributed by atoms with E-state index in [4.69, 9.17) is 18.9 Å². The second-order valence-electron chi connectivity index (χ2n) is 12.9. The number of hydrogen-bond acceptors (Lipinski definition) is 8. The molecule has 1 N–H and O–H groups in total. The zero-order chi connectivity index (χ0) is 35.3. The van der Waals surface area contributed by atoms with Crippen molar-refractivity contribution >= 4 is 33.4 Å². The van der Waals surface area contributed by atoms with E-state index < -0.39 is 23.0 Å². The molecule has 2 aromatic heterocycles. The SMILES string of the molecule is COc1cc2c(Oc3ccc(NC(=O)c4cn(C5CCCCC5)c5cc(F)ccc5c4=O)cc3F)ccnc2cc1OCCCN1CCOCC1. The van der Waals surface area contributed by atoms with Gasteiger partial charge in [0, 0.05) is 66.7 Å². The molecule has 51 heavy (non-hydrogen) atoms. The predicted molar refractivity (Wildman–Crippen MR) is 190 cm³/mol. The van der Waals surface area contributed by atoms with E-state index in [1.54, 1.807) is 31.5 Å². The lowest BCUT2D eigenvalue weighted by Gasteiger charge is -2.27. The van der Waals surface area contributed by atoms with E-state index in [1.165, 1.54) is 36.5 Å². The number of nitrogens with one attached hydrogen (secondary N) is 1. The van der Waals surface area contributed by atoms with E-state index in [1.807, 2.05) is 4.57 Å². The fraction of sp³-hybridized carbons (Fsp3) is 0.359. The monoisotopic (exact) mass is 698 g/mol. The minimum atomic E-state index is -0.724. The molecule has 0 radical (unpaired) electrons. The second-order valence-corrected chi connectivity index (χ2v) is 12.9. The van der Waals surface area contributed by atoms with Crippen molar-refractivity contribution in [1.82, 2.24) is 14.5 Å². The molecule has 1 saturated heterocycles. The molecule has 0 spiro atoms. The Bertz CT molecular complexity index is 2110. The van der Waals surface area contributed by atoms with Gasteiger partial charge in [-0.05, 0) is 61.7 Å². The molecule has 10 nitrogen and oxygen atoms in total. The Hall–Kier alpha value is -5.07. The van der Waals surface area contributed by atoms with Crippen LogP contribution >= 0.6 is 0 Å². The predicted octanol–water partition coefficient (Wildman–Crippen LogP) is 7.49. The molecule has 0 unspecified atom stereocenters. The topological polar surface area (TPSA) is 104 Å². The highest BCUT2D eigenvalue weighted by atomic mass is 19.1. The summed E-state index contributed by atoms with van der Waals surface area (Å²) < 4.78 is 54.7. The number of rotatable bonds is 11. The first kappa shape index (κ1) is 34.4. The number of amides is 1. The molecule has 2 aliphatic rings. The number of carbonyl (C=O) groups excluding carboxylic acids is 1. The van der Waals surface area contributed by atoms with Gasteiger partial charge in [0.25, 0.3) is 5.91 Å². The molecule has 1 aliphatic heterocycles. The van der Waals surface area contributed by atoms with Crippen LogP contribution in [0.2, 0.25) is 0 Å². The second kappa shape index (κ2) is 15.4. The number of hydrogen-bond donors (Lipinski definition) is 1. The zero-order valence-electron chi connectivity index (χ0n) is 28.5. The molecule has 7 rings (SSSR count). The Morgan fingerprint density at radius 3 is 2.55 bits per heavy atom. The Labute approximate surface area is 293 Å². The molecule has 266 valence electrons. The maximum Gasteiger partial charge on any atom is 0.261 e. The van der Waals surface area contributed by atoms with Gasteiger partial charge in [-0.15, -0.1) is 0 Å². The summed E-state index contributed by atoms with van der Waals surface area (Å²) in [7, 11) is 1.55. The third-order valence-electron chi connectivity index (χ3n) is 9.58. The van der Waals surface area contributed by atoms with Crippen molar-refractivity contribution in [3.63, 3.8) is 0 Å². The van der Waals surface area contributed by atoms with Crippen LogP contribution in [0, 0.1) is 11.6 Å². The van der Waals surface area contributed by atoms with Crippen LogP contribution in [0.4, 0.5) is 14.5 Å². The van der Waals surface area contributed by atoms with Crippen LogP contribution in [0.3, 0.4) is 0 Å². The lowest BCUT2D eigenvalue weighted by molar-refractivity contribution is 0.0357. The first-order valence-electron chi connectivity index (χ1n) is 17.4. The Kier molecular flexibility index (Phi) is 10.4. The van der Waals surface area contributed by atoms with Gasteiger partial charge in [0.1, 0.15) is 17.1 Å². The Morgan fingerprint density at radius 1 is 0.941 bits per heavy atom. The number of carbonyl (C=O) groups is 1. The van der Waals surface area contributed by atoms with Gasteiger partial charge < -0.3 is 28.8 Å². The van der Waals surface area contributed by atoms with Crippen LogP contribution in [0.25, 0.3) is 21.8 Å². The summed E-state index contributed by atoms with van der Waals surface area (Å²) in [6.45, 7) is 4.75. The highest BCUT2D eigenvalue weighted by Crippen LogP contribution is 2.38. The molecule has 1 saturated carbocycles. The number of benzene rings is 3. The van der Waals surface area contributed by atoms with Gasteiger partial charge in [-0.3, -0.25) is 19.5 Å². The molecule has 5 aromatic rings. The third kappa shape index (κ3) is 7.67. The van der Waals surface area contributed by atoms with E-state index in [9.17, 15) is 14.0 Å². The Morgan fingerprint density at radius 2 is 1.76 bits per heavy atom. The van der Waals surface area contributed by atoms with Gasteiger partial charge in [0.15, 0.2) is 23.1 Å². The summed E-state index contributed by atoms with van der Waals surface area (Å²) >= 11 is 0. The molecule has 2 fully saturated rings. The van der Waals surface area contributed by atoms with Crippen molar-refractivity contribution < 1.29 is 32.5 Å². The van der Waals surface area contributed by atoms with E-state index >= 15 is 4.39 Å². The summed E-state index contributed by atoms with van der Waals surface area (Å²) in [6.07, 6.45) is 8.78. The maximum atomic E-state index is 15.5. The molecular formula is C39H40F2N4O6. The zero-order valence-corrected chi connectivity index (χ0v) is 28.5. The van der Waals surface area contributed by atoms with Crippen molar-refractivity contribution in [2.45, 2.75) is 44.6 Å². The van der Waals surface area contributed by atoms with Gasteiger partial charge in [-0.1, -0.05) is 19.3 Å². The number of anilines is 1. The summed E-state index contributed by atoms with van der Waals surface area (Å²) in [5.74, 6) is -0.545. The smallest absolute Gasteiger partial charge is 0.261 e. The van der Waals surface area contributed by atoms with Crippen LogP contribution in [0.15, 0.2) is 71.8 Å². The van der Waals surface area contributed by atoms with Gasteiger partial charge in [0.2, 0.25) is 5.43 Å². The summed E-state index contributed by atoms with van der Waals surface area (Å²) in [6, 6.07) is 13.2. The average Bonchev–Trinajstić information content (AvgIpc) is 3.15. The summed E-state index contributed by atoms with van der Waals surface area (Å²) in [5, 5.41) is 3.51. The van der Waals surface area contributed by atoms with E-state index in [-0.39, 0.29) is 28.4 Å². The Balaban J connectivity index is 1.07. The lowest BCUT2D eigenvalue weighted by Crippen LogP contribution is -2.37. The number of halogens is 2. The summed E-state index contributed by atoms with van der Waals surface area (Å²) in [4.78, 5) is 33.7. The minimum absolute atomic E-state index is 0.0398. The van der Waals surface area contributed by atoms with Crippen molar-refractivity contribution in [2.24, 2.45) is 0 Å². The molecule has 3 heterocycles. The number of ether oxygens (including phenoxy) is 4. The normalized spacial score (nSPS) is 15.6. The number of pyridine rings is 2. The highest BCUT2D eigenvalue weighted by Gasteiger charge is 2.22. The average molecular weight is 699 g/mol. The molecule has 0 bridgehead atoms. The van der Waals surface area contributed by atoms with E-state index in [0.29, 0.717) is 40.3 Å². The van der Waals surface area contributed by atoms with Gasteiger partial charge in [-0.25, -0.2) is 8.78 Å². The van der Waals surface area contributed by atoms with Gasteiger partial charge in [-0.2, -0.15) is 0 Å². The number of morpholine rings is 1. The van der Waals surface area contributed by atoms with Crippen molar-refractivity contribution in [2.75, 3.05) is 51.9 Å². The number of aromatic nitrogens is 2. The minimum Gasteiger partial charge on any atom is -0.493 e. The number of fused-ring (bicyclic) bond motifs is 2. The molecule has 3 aromatic carbocycles. The lowest BCUT2D eigenvalue weighted by atomic mass is 9.94. The van der Waals surface area contributed by atoms with Crippen molar-refractivity contribution in [3.8, 4) is 23.0 Å². The van der Waals surface area contributed by atoms with Crippen LogP contribution in [0.1, 0.15) is 54.9 Å². The number of methoxy groups -OCH3 is 1. The van der Waals surface area contributed by atoms with Crippen LogP contribution in [0.5, 0.6) is 23.0 Å². The fourth-order valence-corrected chi connectivity index (χ4v) is 6.91. The standard InChI is InChI=1S/C39H40F2N4O6/c1-48-36-22-29-32(23-37(36)50-17-5-14-44-15-18-49-19-16-44)42-13-12-34(29)51-35-11-9-26(21-31(35)41)43-39(47)30-24-45(27-6-3-2-4-7-27)33-20-25(40)8-10-28(33)38(30)46/h8-13,20-24,27H,2-7,14-19H2,1H3,(H,43,47). The highest BCUT2D eigenvalue weighted by molar-refractivity contribution is 6.05. The van der Waals surface area contributed by atoms with Crippen LogP contribution < -0.4 is 25.0 Å². The van der Waals surface area contributed by atoms with Gasteiger partial charge in [0.05, 0.1) is 38.0 Å². The quantitative estimate of drug-likeness (QED) is 0.142. The fourth-order valence-electron chi connectivity index (χ4n) is 6.91.